The van der Waals surface area contributed by atoms with Gasteiger partial charge in [0.05, 0.1) is 17.6 Å². The SMILES string of the molecule is CS(=O)(=O)c1c(C2CC3CCC(C2)N3C(=O)CO)nc2c(-c3ccc(-c4ccccc4F)nc3)cnn2c1N. The van der Waals surface area contributed by atoms with Crippen LogP contribution < -0.4 is 5.73 Å². The Hall–Kier alpha value is -3.90. The number of aliphatic hydroxyl groups excluding tert-OH is 1. The number of carbonyl (C=O) groups is 1. The topological polar surface area (TPSA) is 144 Å². The Labute approximate surface area is 224 Å². The van der Waals surface area contributed by atoms with Crippen molar-refractivity contribution < 1.29 is 22.7 Å². The summed E-state index contributed by atoms with van der Waals surface area (Å²) in [6.07, 6.45) is 6.88. The third kappa shape index (κ3) is 4.23. The number of rotatable bonds is 5. The van der Waals surface area contributed by atoms with Crippen molar-refractivity contribution in [2.24, 2.45) is 0 Å². The van der Waals surface area contributed by atoms with Gasteiger partial charge < -0.3 is 15.7 Å². The fraction of sp³-hybridized carbons (Fsp3) is 0.333. The third-order valence-corrected chi connectivity index (χ3v) is 8.96. The second-order valence-corrected chi connectivity index (χ2v) is 12.2. The molecule has 202 valence electrons. The number of sulfone groups is 1. The van der Waals surface area contributed by atoms with E-state index in [1.165, 1.54) is 10.6 Å². The first kappa shape index (κ1) is 25.4. The number of fused-ring (bicyclic) bond motifs is 3. The first-order valence-corrected chi connectivity index (χ1v) is 14.6. The predicted molar refractivity (Wildman–Crippen MR) is 142 cm³/mol. The van der Waals surface area contributed by atoms with E-state index in [-0.39, 0.29) is 40.4 Å². The molecular weight excluding hydrogens is 523 g/mol. The standard InChI is InChI=1S/C27H27FN6O4S/c1-39(37,38)25-24(16-10-17-7-8-18(11-16)33(17)23(36)14-35)32-27-20(13-31-34(27)26(25)29)15-6-9-22(30-12-15)19-4-2-3-5-21(19)28/h2-6,9,12-13,16-18,35H,7-8,10-11,14,29H2,1H3. The van der Waals surface area contributed by atoms with Crippen LogP contribution in [-0.4, -0.2) is 68.9 Å². The van der Waals surface area contributed by atoms with Gasteiger partial charge in [-0.2, -0.15) is 9.61 Å². The van der Waals surface area contributed by atoms with Crippen LogP contribution >= 0.6 is 0 Å². The largest absolute Gasteiger partial charge is 0.387 e. The molecule has 2 atom stereocenters. The number of pyridine rings is 1. The quantitative estimate of drug-likeness (QED) is 0.386. The number of halogens is 1. The second kappa shape index (κ2) is 9.38. The van der Waals surface area contributed by atoms with E-state index in [4.69, 9.17) is 10.7 Å². The number of hydrogen-bond acceptors (Lipinski definition) is 8. The summed E-state index contributed by atoms with van der Waals surface area (Å²) in [6.45, 7) is -0.549. The summed E-state index contributed by atoms with van der Waals surface area (Å²) in [5.74, 6) is -0.953. The van der Waals surface area contributed by atoms with Gasteiger partial charge in [-0.3, -0.25) is 9.78 Å². The van der Waals surface area contributed by atoms with Crippen molar-refractivity contribution in [3.8, 4) is 22.4 Å². The molecule has 0 radical (unpaired) electrons. The molecular formula is C27H27FN6O4S. The Kier molecular flexibility index (Phi) is 6.11. The minimum Gasteiger partial charge on any atom is -0.387 e. The summed E-state index contributed by atoms with van der Waals surface area (Å²) in [5, 5.41) is 13.8. The molecule has 3 aromatic heterocycles. The van der Waals surface area contributed by atoms with Crippen LogP contribution in [-0.2, 0) is 14.6 Å². The summed E-state index contributed by atoms with van der Waals surface area (Å²) >= 11 is 0. The van der Waals surface area contributed by atoms with Crippen molar-refractivity contribution in [2.75, 3.05) is 18.6 Å². The number of benzene rings is 1. The Morgan fingerprint density at radius 1 is 1.10 bits per heavy atom. The lowest BCUT2D eigenvalue weighted by atomic mass is 9.87. The smallest absolute Gasteiger partial charge is 0.248 e. The van der Waals surface area contributed by atoms with Gasteiger partial charge in [0.1, 0.15) is 23.1 Å². The summed E-state index contributed by atoms with van der Waals surface area (Å²) in [6, 6.07) is 9.68. The first-order valence-electron chi connectivity index (χ1n) is 12.7. The number of nitrogens with two attached hydrogens (primary N) is 1. The highest BCUT2D eigenvalue weighted by Gasteiger charge is 2.45. The maximum atomic E-state index is 14.2. The zero-order valence-electron chi connectivity index (χ0n) is 21.2. The van der Waals surface area contributed by atoms with Crippen molar-refractivity contribution >= 4 is 27.2 Å². The van der Waals surface area contributed by atoms with Crippen LogP contribution in [0.5, 0.6) is 0 Å². The van der Waals surface area contributed by atoms with E-state index in [9.17, 15) is 22.7 Å². The molecule has 4 aromatic rings. The van der Waals surface area contributed by atoms with Crippen molar-refractivity contribution in [2.45, 2.75) is 48.6 Å². The van der Waals surface area contributed by atoms with Crippen LogP contribution in [0.25, 0.3) is 28.0 Å². The van der Waals surface area contributed by atoms with E-state index in [1.54, 1.807) is 47.6 Å². The molecule has 10 nitrogen and oxygen atoms in total. The molecule has 1 aromatic carbocycles. The summed E-state index contributed by atoms with van der Waals surface area (Å²) in [4.78, 5) is 23.3. The van der Waals surface area contributed by atoms with Gasteiger partial charge in [-0.25, -0.2) is 17.8 Å². The number of carbonyl (C=O) groups excluding carboxylic acids is 1. The van der Waals surface area contributed by atoms with Gasteiger partial charge in [0.2, 0.25) is 5.91 Å². The molecule has 0 aliphatic carbocycles. The lowest BCUT2D eigenvalue weighted by Gasteiger charge is -2.39. The molecule has 5 heterocycles. The van der Waals surface area contributed by atoms with Crippen molar-refractivity contribution in [1.82, 2.24) is 24.5 Å². The molecule has 1 amide bonds. The fourth-order valence-corrected chi connectivity index (χ4v) is 7.21. The summed E-state index contributed by atoms with van der Waals surface area (Å²) < 4.78 is 41.4. The molecule has 0 spiro atoms. The highest BCUT2D eigenvalue weighted by molar-refractivity contribution is 7.91. The molecule has 2 aliphatic rings. The zero-order valence-corrected chi connectivity index (χ0v) is 22.0. The maximum absolute atomic E-state index is 14.2. The van der Waals surface area contributed by atoms with Crippen molar-refractivity contribution in [3.05, 3.63) is 60.3 Å². The van der Waals surface area contributed by atoms with Gasteiger partial charge in [-0.05, 0) is 43.9 Å². The minimum atomic E-state index is -3.77. The number of nitrogen functional groups attached to an aromatic ring is 1. The van der Waals surface area contributed by atoms with Crippen LogP contribution in [0, 0.1) is 5.82 Å². The first-order chi connectivity index (χ1) is 18.7. The Morgan fingerprint density at radius 2 is 1.82 bits per heavy atom. The van der Waals surface area contributed by atoms with Crippen LogP contribution in [0.3, 0.4) is 0 Å². The molecule has 2 fully saturated rings. The van der Waals surface area contributed by atoms with Gasteiger partial charge in [0.25, 0.3) is 0 Å². The van der Waals surface area contributed by atoms with Crippen LogP contribution in [0.2, 0.25) is 0 Å². The van der Waals surface area contributed by atoms with Gasteiger partial charge in [0.15, 0.2) is 15.5 Å². The van der Waals surface area contributed by atoms with Gasteiger partial charge in [-0.15, -0.1) is 0 Å². The molecule has 3 N–H and O–H groups in total. The number of anilines is 1. The Morgan fingerprint density at radius 3 is 2.44 bits per heavy atom. The average Bonchev–Trinajstić information content (AvgIpc) is 3.46. The van der Waals surface area contributed by atoms with E-state index in [1.807, 2.05) is 0 Å². The number of piperidine rings is 1. The van der Waals surface area contributed by atoms with E-state index < -0.39 is 16.4 Å². The normalized spacial score (nSPS) is 21.0. The number of aliphatic hydroxyl groups is 1. The molecule has 2 bridgehead atoms. The summed E-state index contributed by atoms with van der Waals surface area (Å²) in [5.41, 5.74) is 9.31. The molecule has 6 rings (SSSR count). The minimum absolute atomic E-state index is 0.0269. The van der Waals surface area contributed by atoms with Gasteiger partial charge in [0, 0.05) is 47.1 Å². The van der Waals surface area contributed by atoms with E-state index in [0.717, 1.165) is 19.1 Å². The van der Waals surface area contributed by atoms with Crippen molar-refractivity contribution in [1.29, 1.82) is 0 Å². The van der Waals surface area contributed by atoms with Crippen LogP contribution in [0.1, 0.15) is 37.3 Å². The molecule has 12 heteroatoms. The maximum Gasteiger partial charge on any atom is 0.248 e. The molecule has 0 saturated carbocycles. The Bertz CT molecular complexity index is 1690. The van der Waals surface area contributed by atoms with E-state index >= 15 is 0 Å². The molecule has 39 heavy (non-hydrogen) atoms. The fourth-order valence-electron chi connectivity index (χ4n) is 6.15. The lowest BCUT2D eigenvalue weighted by molar-refractivity contribution is -0.138. The second-order valence-electron chi connectivity index (χ2n) is 10.2. The highest BCUT2D eigenvalue weighted by Crippen LogP contribution is 2.45. The van der Waals surface area contributed by atoms with Gasteiger partial charge in [-0.1, -0.05) is 18.2 Å². The molecule has 2 unspecified atom stereocenters. The highest BCUT2D eigenvalue weighted by atomic mass is 32.2. The lowest BCUT2D eigenvalue weighted by Crippen LogP contribution is -2.47. The molecule has 2 aliphatic heterocycles. The number of hydrogen-bond donors (Lipinski definition) is 2. The Balaban J connectivity index is 1.44. The number of amides is 1. The molecule has 2 saturated heterocycles. The monoisotopic (exact) mass is 550 g/mol. The summed E-state index contributed by atoms with van der Waals surface area (Å²) in [7, 11) is -3.77. The number of nitrogens with zero attached hydrogens (tertiary/aromatic N) is 5. The number of aromatic nitrogens is 4. The van der Waals surface area contributed by atoms with Crippen molar-refractivity contribution in [3.63, 3.8) is 0 Å². The van der Waals surface area contributed by atoms with E-state index in [2.05, 4.69) is 10.1 Å². The zero-order chi connectivity index (χ0) is 27.5. The van der Waals surface area contributed by atoms with Crippen LogP contribution in [0.4, 0.5) is 10.2 Å². The van der Waals surface area contributed by atoms with Gasteiger partial charge >= 0.3 is 0 Å². The van der Waals surface area contributed by atoms with Crippen LogP contribution in [0.15, 0.2) is 53.7 Å². The third-order valence-electron chi connectivity index (χ3n) is 7.80. The average molecular weight is 551 g/mol. The predicted octanol–water partition coefficient (Wildman–Crippen LogP) is 2.81. The van der Waals surface area contributed by atoms with E-state index in [0.29, 0.717) is 46.6 Å².